The lowest BCUT2D eigenvalue weighted by Crippen LogP contribution is -2.19. The Hall–Kier alpha value is -1.67. The third-order valence-electron chi connectivity index (χ3n) is 3.34. The van der Waals surface area contributed by atoms with Crippen LogP contribution in [-0.2, 0) is 6.42 Å². The molecule has 1 aromatic carbocycles. The molecule has 2 nitrogen and oxygen atoms in total. The fraction of sp³-hybridized carbons (Fsp3) is 0.353. The lowest BCUT2D eigenvalue weighted by atomic mass is 10.0. The summed E-state index contributed by atoms with van der Waals surface area (Å²) in [5.41, 5.74) is 4.00. The van der Waals surface area contributed by atoms with Crippen LogP contribution in [0, 0.1) is 0 Å². The molecule has 2 rings (SSSR count). The summed E-state index contributed by atoms with van der Waals surface area (Å²) in [6.45, 7) is 5.48. The third-order valence-corrected chi connectivity index (χ3v) is 3.34. The van der Waals surface area contributed by atoms with E-state index in [0.717, 1.165) is 13.0 Å². The molecule has 1 aromatic heterocycles. The van der Waals surface area contributed by atoms with E-state index < -0.39 is 0 Å². The lowest BCUT2D eigenvalue weighted by Gasteiger charge is -2.14. The van der Waals surface area contributed by atoms with Crippen LogP contribution in [0.2, 0.25) is 0 Å². The zero-order valence-electron chi connectivity index (χ0n) is 11.8. The Balaban J connectivity index is 1.98. The van der Waals surface area contributed by atoms with E-state index in [4.69, 9.17) is 0 Å². The molecular formula is C17H22N2. The SMILES string of the molecule is CCCNC(C)c1ccc(Cc2ccncc2)cc1. The highest BCUT2D eigenvalue weighted by Gasteiger charge is 2.04. The maximum Gasteiger partial charge on any atom is 0.0291 e. The summed E-state index contributed by atoms with van der Waals surface area (Å²) >= 11 is 0. The molecule has 0 bridgehead atoms. The second-order valence-electron chi connectivity index (χ2n) is 4.95. The quantitative estimate of drug-likeness (QED) is 0.849. The standard InChI is InChI=1S/C17H22N2/c1-3-10-19-14(2)17-6-4-15(5-7-17)13-16-8-11-18-12-9-16/h4-9,11-12,14,19H,3,10,13H2,1-2H3. The zero-order chi connectivity index (χ0) is 13.5. The lowest BCUT2D eigenvalue weighted by molar-refractivity contribution is 0.570. The van der Waals surface area contributed by atoms with Crippen LogP contribution in [0.1, 0.15) is 43.0 Å². The predicted molar refractivity (Wildman–Crippen MR) is 80.2 cm³/mol. The molecule has 1 heterocycles. The first kappa shape index (κ1) is 13.8. The van der Waals surface area contributed by atoms with Gasteiger partial charge in [0.2, 0.25) is 0 Å². The van der Waals surface area contributed by atoms with Crippen molar-refractivity contribution in [2.75, 3.05) is 6.54 Å². The minimum atomic E-state index is 0.426. The molecule has 100 valence electrons. The minimum Gasteiger partial charge on any atom is -0.310 e. The zero-order valence-corrected chi connectivity index (χ0v) is 11.8. The largest absolute Gasteiger partial charge is 0.310 e. The van der Waals surface area contributed by atoms with Crippen LogP contribution in [0.25, 0.3) is 0 Å². The highest BCUT2D eigenvalue weighted by atomic mass is 14.9. The van der Waals surface area contributed by atoms with Crippen LogP contribution in [-0.4, -0.2) is 11.5 Å². The summed E-state index contributed by atoms with van der Waals surface area (Å²) < 4.78 is 0. The van der Waals surface area contributed by atoms with Crippen LogP contribution >= 0.6 is 0 Å². The van der Waals surface area contributed by atoms with Crippen molar-refractivity contribution < 1.29 is 0 Å². The van der Waals surface area contributed by atoms with E-state index in [1.54, 1.807) is 0 Å². The van der Waals surface area contributed by atoms with Crippen LogP contribution in [0.15, 0.2) is 48.8 Å². The molecular weight excluding hydrogens is 232 g/mol. The normalized spacial score (nSPS) is 12.3. The van der Waals surface area contributed by atoms with Crippen molar-refractivity contribution >= 4 is 0 Å². The second kappa shape index (κ2) is 7.05. The Morgan fingerprint density at radius 3 is 2.26 bits per heavy atom. The highest BCUT2D eigenvalue weighted by Crippen LogP contribution is 2.15. The number of nitrogens with zero attached hydrogens (tertiary/aromatic N) is 1. The van der Waals surface area contributed by atoms with Crippen molar-refractivity contribution in [3.63, 3.8) is 0 Å². The molecule has 0 aliphatic rings. The van der Waals surface area contributed by atoms with Gasteiger partial charge in [0.15, 0.2) is 0 Å². The monoisotopic (exact) mass is 254 g/mol. The van der Waals surface area contributed by atoms with Gasteiger partial charge in [0.1, 0.15) is 0 Å². The van der Waals surface area contributed by atoms with Crippen molar-refractivity contribution in [3.8, 4) is 0 Å². The van der Waals surface area contributed by atoms with Gasteiger partial charge in [-0.3, -0.25) is 4.98 Å². The summed E-state index contributed by atoms with van der Waals surface area (Å²) in [4.78, 5) is 4.04. The number of aromatic nitrogens is 1. The molecule has 0 saturated heterocycles. The van der Waals surface area contributed by atoms with Crippen molar-refractivity contribution in [2.24, 2.45) is 0 Å². The fourth-order valence-electron chi connectivity index (χ4n) is 2.14. The van der Waals surface area contributed by atoms with Gasteiger partial charge in [-0.15, -0.1) is 0 Å². The van der Waals surface area contributed by atoms with E-state index in [1.165, 1.54) is 23.1 Å². The molecule has 2 aromatic rings. The van der Waals surface area contributed by atoms with Crippen LogP contribution in [0.4, 0.5) is 0 Å². The molecule has 1 atom stereocenters. The number of rotatable bonds is 6. The number of hydrogen-bond donors (Lipinski definition) is 1. The summed E-state index contributed by atoms with van der Waals surface area (Å²) in [5.74, 6) is 0. The minimum absolute atomic E-state index is 0.426. The topological polar surface area (TPSA) is 24.9 Å². The Labute approximate surface area is 115 Å². The molecule has 0 spiro atoms. The van der Waals surface area contributed by atoms with Crippen molar-refractivity contribution in [1.82, 2.24) is 10.3 Å². The molecule has 0 aliphatic carbocycles. The van der Waals surface area contributed by atoms with Gasteiger partial charge in [0, 0.05) is 18.4 Å². The van der Waals surface area contributed by atoms with Crippen LogP contribution in [0.3, 0.4) is 0 Å². The molecule has 1 unspecified atom stereocenters. The van der Waals surface area contributed by atoms with E-state index in [-0.39, 0.29) is 0 Å². The summed E-state index contributed by atoms with van der Waals surface area (Å²) in [6.07, 6.45) is 5.84. The number of benzene rings is 1. The molecule has 1 N–H and O–H groups in total. The van der Waals surface area contributed by atoms with Crippen molar-refractivity contribution in [1.29, 1.82) is 0 Å². The second-order valence-corrected chi connectivity index (χ2v) is 4.95. The molecule has 19 heavy (non-hydrogen) atoms. The van der Waals surface area contributed by atoms with Crippen molar-refractivity contribution in [2.45, 2.75) is 32.7 Å². The van der Waals surface area contributed by atoms with E-state index in [0.29, 0.717) is 6.04 Å². The highest BCUT2D eigenvalue weighted by molar-refractivity contribution is 5.29. The van der Waals surface area contributed by atoms with Crippen molar-refractivity contribution in [3.05, 3.63) is 65.5 Å². The first-order valence-electron chi connectivity index (χ1n) is 7.00. The average molecular weight is 254 g/mol. The molecule has 0 saturated carbocycles. The van der Waals surface area contributed by atoms with E-state index in [9.17, 15) is 0 Å². The first-order chi connectivity index (χ1) is 9.29. The molecule has 0 fully saturated rings. The maximum atomic E-state index is 4.04. The molecule has 0 radical (unpaired) electrons. The summed E-state index contributed by atoms with van der Waals surface area (Å²) in [7, 11) is 0. The third kappa shape index (κ3) is 4.18. The van der Waals surface area contributed by atoms with E-state index >= 15 is 0 Å². The maximum absolute atomic E-state index is 4.04. The van der Waals surface area contributed by atoms with Crippen LogP contribution in [0.5, 0.6) is 0 Å². The van der Waals surface area contributed by atoms with Gasteiger partial charge < -0.3 is 5.32 Å². The Morgan fingerprint density at radius 2 is 1.63 bits per heavy atom. The van der Waals surface area contributed by atoms with Gasteiger partial charge in [-0.25, -0.2) is 0 Å². The van der Waals surface area contributed by atoms with Gasteiger partial charge >= 0.3 is 0 Å². The van der Waals surface area contributed by atoms with Gasteiger partial charge in [-0.2, -0.15) is 0 Å². The Kier molecular flexibility index (Phi) is 5.10. The van der Waals surface area contributed by atoms with Gasteiger partial charge in [-0.1, -0.05) is 31.2 Å². The number of hydrogen-bond acceptors (Lipinski definition) is 2. The Bertz CT molecular complexity index is 476. The fourth-order valence-corrected chi connectivity index (χ4v) is 2.14. The first-order valence-corrected chi connectivity index (χ1v) is 7.00. The van der Waals surface area contributed by atoms with Gasteiger partial charge in [0.05, 0.1) is 0 Å². The number of nitrogens with one attached hydrogen (secondary N) is 1. The number of pyridine rings is 1. The average Bonchev–Trinajstić information content (AvgIpc) is 2.46. The summed E-state index contributed by atoms with van der Waals surface area (Å²) in [5, 5.41) is 3.51. The van der Waals surface area contributed by atoms with E-state index in [2.05, 4.69) is 60.5 Å². The van der Waals surface area contributed by atoms with Crippen LogP contribution < -0.4 is 5.32 Å². The van der Waals surface area contributed by atoms with E-state index in [1.807, 2.05) is 12.4 Å². The molecule has 0 amide bonds. The molecule has 2 heteroatoms. The Morgan fingerprint density at radius 1 is 1.00 bits per heavy atom. The van der Waals surface area contributed by atoms with Gasteiger partial charge in [0.25, 0.3) is 0 Å². The summed E-state index contributed by atoms with van der Waals surface area (Å²) in [6, 6.07) is 13.5. The predicted octanol–water partition coefficient (Wildman–Crippen LogP) is 3.73. The van der Waals surface area contributed by atoms with Gasteiger partial charge in [-0.05, 0) is 55.1 Å². The smallest absolute Gasteiger partial charge is 0.0291 e. The molecule has 0 aliphatic heterocycles.